The lowest BCUT2D eigenvalue weighted by atomic mass is 10.00. The van der Waals surface area contributed by atoms with E-state index in [0.717, 1.165) is 5.56 Å². The first-order valence-electron chi connectivity index (χ1n) is 11.1. The van der Waals surface area contributed by atoms with Gasteiger partial charge in [-0.15, -0.1) is 0 Å². The minimum absolute atomic E-state index is 0.121. The molecule has 0 saturated carbocycles. The number of nitrogens with one attached hydrogen (secondary N) is 3. The van der Waals surface area contributed by atoms with Crippen molar-refractivity contribution < 1.29 is 19.1 Å². The Morgan fingerprint density at radius 3 is 1.84 bits per heavy atom. The van der Waals surface area contributed by atoms with Crippen LogP contribution in [-0.2, 0) is 20.9 Å². The number of benzene rings is 1. The molecule has 0 saturated heterocycles. The summed E-state index contributed by atoms with van der Waals surface area (Å²) in [6, 6.07) is 7.90. The fourth-order valence-electron chi connectivity index (χ4n) is 3.01. The fraction of sp³-hybridized carbons (Fsp3) is 0.625. The standard InChI is InChI=1S/C24H39N3O4/c1-16(2)12-20(22(28)25-14-18(5)6)26-23(29)21(13-17(3)4)27-24(30)31-15-19-10-8-7-9-11-19/h7-11,16-18,20-21H,12-15H2,1-6H3,(H,25,28)(H,26,29)(H,27,30)/t20-,21-/m0/s1. The molecular weight excluding hydrogens is 394 g/mol. The van der Waals surface area contributed by atoms with Crippen LogP contribution in [-0.4, -0.2) is 36.5 Å². The molecule has 1 aromatic rings. The second kappa shape index (κ2) is 13.7. The van der Waals surface area contributed by atoms with E-state index >= 15 is 0 Å². The predicted octanol–water partition coefficient (Wildman–Crippen LogP) is 3.63. The van der Waals surface area contributed by atoms with Crippen LogP contribution in [0.4, 0.5) is 4.79 Å². The van der Waals surface area contributed by atoms with Gasteiger partial charge in [0.05, 0.1) is 0 Å². The highest BCUT2D eigenvalue weighted by Crippen LogP contribution is 2.10. The minimum atomic E-state index is -0.782. The van der Waals surface area contributed by atoms with Crippen LogP contribution in [0.15, 0.2) is 30.3 Å². The molecule has 31 heavy (non-hydrogen) atoms. The van der Waals surface area contributed by atoms with Crippen LogP contribution in [0.25, 0.3) is 0 Å². The monoisotopic (exact) mass is 433 g/mol. The van der Waals surface area contributed by atoms with Crippen LogP contribution >= 0.6 is 0 Å². The Morgan fingerprint density at radius 1 is 0.774 bits per heavy atom. The third kappa shape index (κ3) is 11.4. The van der Waals surface area contributed by atoms with Gasteiger partial charge in [0.2, 0.25) is 11.8 Å². The SMILES string of the molecule is CC(C)CNC(=O)[C@H](CC(C)C)NC(=O)[C@H](CC(C)C)NC(=O)OCc1ccccc1. The molecule has 0 bridgehead atoms. The van der Waals surface area contributed by atoms with Gasteiger partial charge in [0, 0.05) is 6.54 Å². The Hall–Kier alpha value is -2.57. The van der Waals surface area contributed by atoms with Gasteiger partial charge in [-0.2, -0.15) is 0 Å². The Bertz CT molecular complexity index is 689. The topological polar surface area (TPSA) is 96.5 Å². The van der Waals surface area contributed by atoms with Gasteiger partial charge in [0.1, 0.15) is 18.7 Å². The number of rotatable bonds is 12. The van der Waals surface area contributed by atoms with E-state index in [1.807, 2.05) is 71.9 Å². The van der Waals surface area contributed by atoms with Gasteiger partial charge in [-0.25, -0.2) is 4.79 Å². The van der Waals surface area contributed by atoms with Crippen molar-refractivity contribution in [3.8, 4) is 0 Å². The van der Waals surface area contributed by atoms with Crippen LogP contribution in [0.1, 0.15) is 59.9 Å². The zero-order valence-corrected chi connectivity index (χ0v) is 19.7. The largest absolute Gasteiger partial charge is 0.445 e. The highest BCUT2D eigenvalue weighted by atomic mass is 16.5. The van der Waals surface area contributed by atoms with Gasteiger partial charge in [-0.3, -0.25) is 9.59 Å². The highest BCUT2D eigenvalue weighted by molar-refractivity contribution is 5.91. The smallest absolute Gasteiger partial charge is 0.408 e. The summed E-state index contributed by atoms with van der Waals surface area (Å²) in [6.45, 7) is 12.6. The lowest BCUT2D eigenvalue weighted by Crippen LogP contribution is -2.54. The lowest BCUT2D eigenvalue weighted by Gasteiger charge is -2.25. The third-order valence-electron chi connectivity index (χ3n) is 4.55. The van der Waals surface area contributed by atoms with E-state index in [4.69, 9.17) is 4.74 Å². The second-order valence-corrected chi connectivity index (χ2v) is 9.22. The molecule has 174 valence electrons. The molecule has 0 fully saturated rings. The number of ether oxygens (including phenoxy) is 1. The van der Waals surface area contributed by atoms with E-state index in [-0.39, 0.29) is 30.3 Å². The van der Waals surface area contributed by atoms with Crippen LogP contribution in [0.5, 0.6) is 0 Å². The summed E-state index contributed by atoms with van der Waals surface area (Å²) in [4.78, 5) is 37.9. The van der Waals surface area contributed by atoms with Crippen molar-refractivity contribution >= 4 is 17.9 Å². The molecule has 2 atom stereocenters. The molecular formula is C24H39N3O4. The zero-order valence-electron chi connectivity index (χ0n) is 19.7. The molecule has 7 heteroatoms. The van der Waals surface area contributed by atoms with E-state index in [0.29, 0.717) is 25.3 Å². The van der Waals surface area contributed by atoms with Crippen molar-refractivity contribution in [1.29, 1.82) is 0 Å². The molecule has 0 unspecified atom stereocenters. The lowest BCUT2D eigenvalue weighted by molar-refractivity contribution is -0.130. The maximum absolute atomic E-state index is 13.0. The van der Waals surface area contributed by atoms with Crippen molar-refractivity contribution in [2.24, 2.45) is 17.8 Å². The maximum atomic E-state index is 13.0. The Balaban J connectivity index is 2.76. The van der Waals surface area contributed by atoms with Gasteiger partial charge in [-0.1, -0.05) is 71.9 Å². The second-order valence-electron chi connectivity index (χ2n) is 9.22. The van der Waals surface area contributed by atoms with Gasteiger partial charge in [-0.05, 0) is 36.2 Å². The van der Waals surface area contributed by atoms with E-state index in [2.05, 4.69) is 16.0 Å². The quantitative estimate of drug-likeness (QED) is 0.469. The van der Waals surface area contributed by atoms with Gasteiger partial charge in [0.15, 0.2) is 0 Å². The summed E-state index contributed by atoms with van der Waals surface area (Å²) in [6.07, 6.45) is 0.297. The first-order chi connectivity index (χ1) is 14.6. The number of alkyl carbamates (subject to hydrolysis) is 1. The third-order valence-corrected chi connectivity index (χ3v) is 4.55. The van der Waals surface area contributed by atoms with E-state index in [1.54, 1.807) is 0 Å². The number of carbonyl (C=O) groups is 3. The van der Waals surface area contributed by atoms with Gasteiger partial charge in [0.25, 0.3) is 0 Å². The average Bonchev–Trinajstić information content (AvgIpc) is 2.69. The zero-order chi connectivity index (χ0) is 23.4. The fourth-order valence-corrected chi connectivity index (χ4v) is 3.01. The first-order valence-corrected chi connectivity index (χ1v) is 11.1. The molecule has 1 aromatic carbocycles. The molecule has 0 heterocycles. The van der Waals surface area contributed by atoms with E-state index in [9.17, 15) is 14.4 Å². The molecule has 3 amide bonds. The molecule has 3 N–H and O–H groups in total. The molecule has 0 aliphatic carbocycles. The summed E-state index contributed by atoms with van der Waals surface area (Å²) in [5.41, 5.74) is 0.862. The van der Waals surface area contributed by atoms with Crippen LogP contribution < -0.4 is 16.0 Å². The van der Waals surface area contributed by atoms with Crippen molar-refractivity contribution in [1.82, 2.24) is 16.0 Å². The molecule has 0 aliphatic heterocycles. The number of hydrogen-bond donors (Lipinski definition) is 3. The van der Waals surface area contributed by atoms with Crippen molar-refractivity contribution in [3.63, 3.8) is 0 Å². The van der Waals surface area contributed by atoms with E-state index in [1.165, 1.54) is 0 Å². The summed E-state index contributed by atoms with van der Waals surface area (Å²) in [5, 5.41) is 8.38. The van der Waals surface area contributed by atoms with Gasteiger partial charge < -0.3 is 20.7 Å². The van der Waals surface area contributed by atoms with Crippen molar-refractivity contribution in [3.05, 3.63) is 35.9 Å². The molecule has 0 spiro atoms. The van der Waals surface area contributed by atoms with Crippen LogP contribution in [0.3, 0.4) is 0 Å². The molecule has 0 aromatic heterocycles. The van der Waals surface area contributed by atoms with Gasteiger partial charge >= 0.3 is 6.09 Å². The summed E-state index contributed by atoms with van der Waals surface area (Å²) < 4.78 is 5.26. The summed E-state index contributed by atoms with van der Waals surface area (Å²) in [7, 11) is 0. The number of hydrogen-bond acceptors (Lipinski definition) is 4. The Morgan fingerprint density at radius 2 is 1.32 bits per heavy atom. The molecule has 7 nitrogen and oxygen atoms in total. The normalized spacial score (nSPS) is 13.1. The van der Waals surface area contributed by atoms with Crippen molar-refractivity contribution in [2.45, 2.75) is 73.1 Å². The Labute approximate surface area is 186 Å². The summed E-state index contributed by atoms with van der Waals surface area (Å²) in [5.74, 6) is 0.126. The minimum Gasteiger partial charge on any atom is -0.445 e. The predicted molar refractivity (Wildman–Crippen MR) is 122 cm³/mol. The number of amides is 3. The van der Waals surface area contributed by atoms with E-state index < -0.39 is 18.2 Å². The molecule has 0 radical (unpaired) electrons. The maximum Gasteiger partial charge on any atom is 0.408 e. The highest BCUT2D eigenvalue weighted by Gasteiger charge is 2.28. The van der Waals surface area contributed by atoms with Crippen molar-refractivity contribution in [2.75, 3.05) is 6.54 Å². The molecule has 1 rings (SSSR count). The average molecular weight is 434 g/mol. The Kier molecular flexibility index (Phi) is 11.7. The number of carbonyl (C=O) groups excluding carboxylic acids is 3. The summed E-state index contributed by atoms with van der Waals surface area (Å²) >= 11 is 0. The van der Waals surface area contributed by atoms with Crippen LogP contribution in [0.2, 0.25) is 0 Å². The van der Waals surface area contributed by atoms with Crippen LogP contribution in [0, 0.1) is 17.8 Å². The first kappa shape index (κ1) is 26.5. The molecule has 0 aliphatic rings.